The molecule has 28 heavy (non-hydrogen) atoms. The first kappa shape index (κ1) is 26.4. The van der Waals surface area contributed by atoms with E-state index in [2.05, 4.69) is 14.9 Å². The minimum atomic E-state index is -3.55. The first-order valence-electron chi connectivity index (χ1n) is 7.92. The first-order valence-corrected chi connectivity index (χ1v) is 12.5. The van der Waals surface area contributed by atoms with Crippen molar-refractivity contribution in [2.75, 3.05) is 30.6 Å². The Morgan fingerprint density at radius 2 is 1.75 bits per heavy atom. The van der Waals surface area contributed by atoms with Gasteiger partial charge in [0.05, 0.1) is 31.9 Å². The lowest BCUT2D eigenvalue weighted by Gasteiger charge is -2.23. The predicted molar refractivity (Wildman–Crippen MR) is 105 cm³/mol. The highest BCUT2D eigenvalue weighted by Crippen LogP contribution is 2.15. The molecule has 0 spiro atoms. The number of ether oxygens (including phenoxy) is 1. The van der Waals surface area contributed by atoms with Gasteiger partial charge in [0.25, 0.3) is 15.9 Å². The molecule has 0 atom stereocenters. The molecule has 0 N–H and O–H groups in total. The van der Waals surface area contributed by atoms with E-state index in [0.29, 0.717) is 4.73 Å². The Balaban J connectivity index is 0.00000129. The van der Waals surface area contributed by atoms with Crippen molar-refractivity contribution in [1.82, 2.24) is 0 Å². The van der Waals surface area contributed by atoms with E-state index in [-0.39, 0.29) is 25.4 Å². The normalized spacial score (nSPS) is 11.9. The molecule has 1 aromatic heterocycles. The third-order valence-corrected chi connectivity index (χ3v) is 3.11. The largest absolute Gasteiger partial charge is 0.711 e. The van der Waals surface area contributed by atoms with E-state index in [9.17, 15) is 26.8 Å². The number of rotatable bonds is 6. The zero-order valence-electron chi connectivity index (χ0n) is 16.3. The molecule has 0 unspecified atom stereocenters. The molecule has 0 saturated heterocycles. The molecular weight excluding hydrogens is 436 g/mol. The molecule has 13 heteroatoms. The van der Waals surface area contributed by atoms with Crippen LogP contribution >= 0.6 is 10.7 Å². The summed E-state index contributed by atoms with van der Waals surface area (Å²) in [6.45, 7) is 5.13. The van der Waals surface area contributed by atoms with Gasteiger partial charge >= 0.3 is 6.09 Å². The lowest BCUT2D eigenvalue weighted by molar-refractivity contribution is -0.591. The molecule has 1 rings (SSSR count). The van der Waals surface area contributed by atoms with Crippen LogP contribution in [0.2, 0.25) is 0 Å². The van der Waals surface area contributed by atoms with Crippen LogP contribution < -0.4 is 9.63 Å². The molecule has 162 valence electrons. The molecule has 0 aliphatic heterocycles. The predicted octanol–water partition coefficient (Wildman–Crippen LogP) is 1.61. The number of hydrogen-bond donors (Lipinski definition) is 0. The van der Waals surface area contributed by atoms with Crippen LogP contribution in [-0.4, -0.2) is 54.2 Å². The fourth-order valence-electron chi connectivity index (χ4n) is 1.68. The van der Waals surface area contributed by atoms with Crippen LogP contribution in [0.3, 0.4) is 0 Å². The summed E-state index contributed by atoms with van der Waals surface area (Å²) in [5, 5.41) is 11.9. The number of pyridine rings is 1. The van der Waals surface area contributed by atoms with Gasteiger partial charge in [0.2, 0.25) is 9.05 Å². The number of nitrogens with zero attached hydrogens (tertiary/aromatic N) is 2. The molecule has 0 radical (unpaired) electrons. The first-order chi connectivity index (χ1) is 12.5. The van der Waals surface area contributed by atoms with Crippen LogP contribution in [0.4, 0.5) is 10.6 Å². The van der Waals surface area contributed by atoms with Gasteiger partial charge in [0.1, 0.15) is 5.60 Å². The summed E-state index contributed by atoms with van der Waals surface area (Å²) in [6, 6.07) is 4.64. The lowest BCUT2D eigenvalue weighted by Crippen LogP contribution is -2.44. The van der Waals surface area contributed by atoms with Crippen LogP contribution in [0.25, 0.3) is 0 Å². The molecule has 1 amide bonds. The Hall–Kier alpha value is -1.63. The quantitative estimate of drug-likeness (QED) is 0.205. The van der Waals surface area contributed by atoms with Gasteiger partial charge in [-0.3, -0.25) is 4.18 Å². The number of amides is 1. The Kier molecular flexibility index (Phi) is 10.2. The smallest absolute Gasteiger partial charge is 0.507 e. The van der Waals surface area contributed by atoms with Gasteiger partial charge in [-0.1, -0.05) is 6.07 Å². The van der Waals surface area contributed by atoms with Crippen LogP contribution in [0.15, 0.2) is 24.4 Å². The topological polar surface area (TPSA) is 134 Å². The van der Waals surface area contributed by atoms with Crippen molar-refractivity contribution in [3.8, 4) is 0 Å². The number of carbonyl (C=O) groups is 1. The van der Waals surface area contributed by atoms with E-state index in [1.165, 1.54) is 18.3 Å². The van der Waals surface area contributed by atoms with Crippen LogP contribution in [0.5, 0.6) is 0 Å². The molecule has 0 saturated carbocycles. The Morgan fingerprint density at radius 1 is 1.21 bits per heavy atom. The van der Waals surface area contributed by atoms with Crippen LogP contribution in [0, 0.1) is 5.21 Å². The van der Waals surface area contributed by atoms with Crippen molar-refractivity contribution in [3.05, 3.63) is 29.6 Å². The van der Waals surface area contributed by atoms with E-state index in [4.69, 9.17) is 4.74 Å². The van der Waals surface area contributed by atoms with Crippen molar-refractivity contribution in [2.24, 2.45) is 0 Å². The fraction of sp³-hybridized carbons (Fsp3) is 0.600. The minimum Gasteiger partial charge on any atom is -0.711 e. The average molecular weight is 461 g/mol. The zero-order chi connectivity index (χ0) is 22.2. The number of halogens is 1. The average Bonchev–Trinajstić information content (AvgIpc) is 2.43. The molecular formula is C15H25ClN2O8S2. The van der Waals surface area contributed by atoms with Crippen molar-refractivity contribution in [3.63, 3.8) is 0 Å². The molecule has 1 aromatic rings. The van der Waals surface area contributed by atoms with Crippen molar-refractivity contribution in [1.29, 1.82) is 0 Å². The van der Waals surface area contributed by atoms with E-state index in [1.54, 1.807) is 26.8 Å². The third kappa shape index (κ3) is 14.4. The summed E-state index contributed by atoms with van der Waals surface area (Å²) < 4.78 is 51.1. The summed E-state index contributed by atoms with van der Waals surface area (Å²) in [4.78, 5) is 13.5. The Morgan fingerprint density at radius 3 is 2.18 bits per heavy atom. The van der Waals surface area contributed by atoms with Gasteiger partial charge in [-0.2, -0.15) is 18.1 Å². The zero-order valence-corrected chi connectivity index (χ0v) is 18.7. The van der Waals surface area contributed by atoms with E-state index >= 15 is 0 Å². The van der Waals surface area contributed by atoms with Crippen molar-refractivity contribution in [2.45, 2.75) is 32.8 Å². The molecule has 0 aromatic carbocycles. The van der Waals surface area contributed by atoms with Crippen LogP contribution in [0.1, 0.15) is 27.2 Å². The lowest BCUT2D eigenvalue weighted by atomic mass is 10.2. The number of carbonyl (C=O) groups excluding carboxylic acids is 1. The summed E-state index contributed by atoms with van der Waals surface area (Å²) in [5.41, 5.74) is -0.721. The monoisotopic (exact) mass is 460 g/mol. The van der Waals surface area contributed by atoms with E-state index in [1.807, 2.05) is 0 Å². The van der Waals surface area contributed by atoms with Gasteiger partial charge in [0, 0.05) is 23.2 Å². The highest BCUT2D eigenvalue weighted by atomic mass is 35.7. The number of aromatic nitrogens is 1. The second-order valence-electron chi connectivity index (χ2n) is 6.58. The summed E-state index contributed by atoms with van der Waals surface area (Å²) in [5.74, 6) is 0.0982. The van der Waals surface area contributed by atoms with E-state index in [0.717, 1.165) is 17.4 Å². The van der Waals surface area contributed by atoms with Gasteiger partial charge in [-0.15, -0.1) is 0 Å². The van der Waals surface area contributed by atoms with Crippen LogP contribution in [-0.2, 0) is 28.1 Å². The number of anilines is 1. The Labute approximate surface area is 170 Å². The summed E-state index contributed by atoms with van der Waals surface area (Å²) in [6.07, 6.45) is 2.67. The highest BCUT2D eigenvalue weighted by molar-refractivity contribution is 8.13. The Bertz CT molecular complexity index is 843. The molecule has 0 bridgehead atoms. The van der Waals surface area contributed by atoms with E-state index < -0.39 is 30.9 Å². The standard InChI is InChI=1S/C14H22N2O6S.CH3ClO2S/c1-14(2,3)22-13(17)15(9-7-11-21-23(4,19)20)12-8-5-6-10-16(12)18;1-5(2,3)4/h5-6,8,10H,7,9,11H2,1-4H3;1H3. The summed E-state index contributed by atoms with van der Waals surface area (Å²) >= 11 is 0. The van der Waals surface area contributed by atoms with Gasteiger partial charge in [-0.05, 0) is 26.8 Å². The molecule has 10 nitrogen and oxygen atoms in total. The maximum absolute atomic E-state index is 12.3. The maximum atomic E-state index is 12.3. The third-order valence-electron chi connectivity index (χ3n) is 2.52. The van der Waals surface area contributed by atoms with Crippen molar-refractivity contribution < 1.29 is 35.3 Å². The SMILES string of the molecule is CC(C)(C)OC(=O)N(CCCOS(C)(=O)=O)c1cccc[n+]1[O-].CS(=O)(=O)Cl. The van der Waals surface area contributed by atoms with Crippen molar-refractivity contribution >= 4 is 41.8 Å². The molecule has 0 aliphatic rings. The second-order valence-corrected chi connectivity index (χ2v) is 11.3. The molecule has 0 aliphatic carbocycles. The minimum absolute atomic E-state index is 0.0800. The van der Waals surface area contributed by atoms with Gasteiger partial charge in [-0.25, -0.2) is 13.1 Å². The number of hydrogen-bond acceptors (Lipinski definition) is 8. The highest BCUT2D eigenvalue weighted by Gasteiger charge is 2.30. The summed E-state index contributed by atoms with van der Waals surface area (Å²) in [7, 11) is -2.24. The van der Waals surface area contributed by atoms with Gasteiger partial charge < -0.3 is 9.94 Å². The molecule has 1 heterocycles. The second kappa shape index (κ2) is 10.8. The maximum Gasteiger partial charge on any atom is 0.507 e. The molecule has 0 fully saturated rings. The fourth-order valence-corrected chi connectivity index (χ4v) is 2.10. The van der Waals surface area contributed by atoms with Gasteiger partial charge in [0.15, 0.2) is 0 Å².